The van der Waals surface area contributed by atoms with Gasteiger partial charge >= 0.3 is 5.97 Å². The number of carbonyl (C=O) groups is 2. The van der Waals surface area contributed by atoms with E-state index in [2.05, 4.69) is 5.16 Å². The number of fused-ring (bicyclic) bond motifs is 1. The Kier molecular flexibility index (Phi) is 6.79. The summed E-state index contributed by atoms with van der Waals surface area (Å²) in [5.41, 5.74) is 0.745. The van der Waals surface area contributed by atoms with Gasteiger partial charge in [0.1, 0.15) is 16.9 Å². The number of methoxy groups -OCH3 is 1. The molecule has 1 N–H and O–H groups in total. The lowest BCUT2D eigenvalue weighted by Crippen LogP contribution is -2.24. The molecule has 7 nitrogen and oxygen atoms in total. The van der Waals surface area contributed by atoms with Gasteiger partial charge in [-0.1, -0.05) is 52.1 Å². The molecule has 0 fully saturated rings. The summed E-state index contributed by atoms with van der Waals surface area (Å²) in [6.45, 7) is 3.48. The molecule has 0 radical (unpaired) electrons. The Labute approximate surface area is 215 Å². The molecule has 4 rings (SSSR count). The van der Waals surface area contributed by atoms with Crippen molar-refractivity contribution in [2.75, 3.05) is 7.11 Å². The molecular formula is C25H19Cl3N2O5. The summed E-state index contributed by atoms with van der Waals surface area (Å²) >= 11 is 19.0. The third-order valence-corrected chi connectivity index (χ3v) is 6.41. The second-order valence-electron chi connectivity index (χ2n) is 8.14. The van der Waals surface area contributed by atoms with Gasteiger partial charge in [-0.2, -0.15) is 0 Å². The van der Waals surface area contributed by atoms with Crippen molar-refractivity contribution in [2.45, 2.75) is 19.4 Å². The first-order valence-corrected chi connectivity index (χ1v) is 11.4. The van der Waals surface area contributed by atoms with Gasteiger partial charge in [-0.25, -0.2) is 4.79 Å². The molecule has 0 spiro atoms. The lowest BCUT2D eigenvalue weighted by Gasteiger charge is -2.21. The van der Waals surface area contributed by atoms with Gasteiger partial charge in [0.25, 0.3) is 5.91 Å². The van der Waals surface area contributed by atoms with Crippen LogP contribution in [0.5, 0.6) is 0 Å². The minimum Gasteiger partial charge on any atom is -0.478 e. The van der Waals surface area contributed by atoms with Crippen LogP contribution in [0.3, 0.4) is 0 Å². The third-order valence-electron chi connectivity index (χ3n) is 5.60. The molecule has 2 heterocycles. The smallest absolute Gasteiger partial charge is 0.328 e. The van der Waals surface area contributed by atoms with Crippen LogP contribution in [0.25, 0.3) is 28.2 Å². The van der Waals surface area contributed by atoms with E-state index in [1.54, 1.807) is 44.3 Å². The van der Waals surface area contributed by atoms with E-state index in [0.29, 0.717) is 27.1 Å². The zero-order chi connectivity index (χ0) is 25.5. The number of benzene rings is 2. The highest BCUT2D eigenvalue weighted by molar-refractivity contribution is 6.42. The molecule has 0 saturated carbocycles. The number of carboxylic acid groups (broad SMARTS) is 1. The van der Waals surface area contributed by atoms with Crippen molar-refractivity contribution in [3.05, 3.63) is 80.6 Å². The molecule has 0 aliphatic rings. The minimum absolute atomic E-state index is 0.118. The summed E-state index contributed by atoms with van der Waals surface area (Å²) in [6, 6.07) is 9.97. The van der Waals surface area contributed by atoms with Crippen LogP contribution in [-0.2, 0) is 15.1 Å². The molecule has 0 atom stereocenters. The van der Waals surface area contributed by atoms with Gasteiger partial charge < -0.3 is 14.4 Å². The summed E-state index contributed by atoms with van der Waals surface area (Å²) in [6.07, 6.45) is 4.10. The largest absolute Gasteiger partial charge is 0.478 e. The van der Waals surface area contributed by atoms with Gasteiger partial charge in [0.05, 0.1) is 15.6 Å². The van der Waals surface area contributed by atoms with E-state index in [9.17, 15) is 9.59 Å². The first-order chi connectivity index (χ1) is 16.5. The van der Waals surface area contributed by atoms with Crippen molar-refractivity contribution in [2.24, 2.45) is 0 Å². The Hall–Kier alpha value is -3.10. The predicted molar refractivity (Wildman–Crippen MR) is 135 cm³/mol. The van der Waals surface area contributed by atoms with Crippen LogP contribution in [-0.4, -0.2) is 33.8 Å². The van der Waals surface area contributed by atoms with Gasteiger partial charge in [0.2, 0.25) is 0 Å². The number of carboxylic acids is 1. The maximum atomic E-state index is 14.0. The summed E-state index contributed by atoms with van der Waals surface area (Å²) in [7, 11) is 1.49. The van der Waals surface area contributed by atoms with Crippen molar-refractivity contribution in [1.29, 1.82) is 0 Å². The highest BCUT2D eigenvalue weighted by Gasteiger charge is 2.36. The molecular weight excluding hydrogens is 515 g/mol. The molecule has 2 aromatic heterocycles. The fourth-order valence-corrected chi connectivity index (χ4v) is 4.72. The minimum atomic E-state index is -1.07. The van der Waals surface area contributed by atoms with Gasteiger partial charge in [0, 0.05) is 35.4 Å². The lowest BCUT2D eigenvalue weighted by molar-refractivity contribution is -0.131. The second-order valence-corrected chi connectivity index (χ2v) is 9.39. The molecule has 10 heteroatoms. The van der Waals surface area contributed by atoms with E-state index < -0.39 is 17.5 Å². The van der Waals surface area contributed by atoms with E-state index in [1.807, 2.05) is 0 Å². The van der Waals surface area contributed by atoms with Crippen molar-refractivity contribution >= 4 is 63.7 Å². The molecule has 0 saturated heterocycles. The zero-order valence-corrected chi connectivity index (χ0v) is 21.1. The number of aliphatic carboxylic acids is 1. The number of aromatic nitrogens is 2. The Morgan fingerprint density at radius 3 is 2.46 bits per heavy atom. The normalized spacial score (nSPS) is 12.1. The number of carbonyl (C=O) groups excluding carboxylic acids is 1. The Bertz CT molecular complexity index is 1480. The number of ether oxygens (including phenoxy) is 1. The van der Waals surface area contributed by atoms with Crippen LogP contribution in [0.4, 0.5) is 0 Å². The predicted octanol–water partition coefficient (Wildman–Crippen LogP) is 6.92. The first-order valence-electron chi connectivity index (χ1n) is 10.3. The van der Waals surface area contributed by atoms with Crippen molar-refractivity contribution < 1.29 is 24.0 Å². The average Bonchev–Trinajstić information content (AvgIpc) is 3.42. The summed E-state index contributed by atoms with van der Waals surface area (Å²) in [5.74, 6) is -1.35. The zero-order valence-electron chi connectivity index (χ0n) is 18.8. The van der Waals surface area contributed by atoms with Crippen LogP contribution in [0.15, 0.2) is 53.2 Å². The fraction of sp³-hybridized carbons (Fsp3) is 0.160. The maximum Gasteiger partial charge on any atom is 0.328 e. The molecule has 0 aliphatic carbocycles. The van der Waals surface area contributed by atoms with E-state index in [0.717, 1.165) is 6.08 Å². The van der Waals surface area contributed by atoms with Gasteiger partial charge in [-0.15, -0.1) is 0 Å². The Morgan fingerprint density at radius 1 is 1.14 bits per heavy atom. The van der Waals surface area contributed by atoms with Crippen LogP contribution in [0.2, 0.25) is 15.1 Å². The van der Waals surface area contributed by atoms with Gasteiger partial charge in [0.15, 0.2) is 5.76 Å². The summed E-state index contributed by atoms with van der Waals surface area (Å²) in [5, 5.41) is 14.6. The topological polar surface area (TPSA) is 94.6 Å². The fourth-order valence-electron chi connectivity index (χ4n) is 3.73. The molecule has 35 heavy (non-hydrogen) atoms. The van der Waals surface area contributed by atoms with E-state index >= 15 is 0 Å². The van der Waals surface area contributed by atoms with Crippen LogP contribution < -0.4 is 0 Å². The molecule has 4 aromatic rings. The first kappa shape index (κ1) is 25.0. The molecule has 0 aliphatic heterocycles. The van der Waals surface area contributed by atoms with Crippen LogP contribution >= 0.6 is 34.8 Å². The number of nitrogens with zero attached hydrogens (tertiary/aromatic N) is 2. The second kappa shape index (κ2) is 9.51. The van der Waals surface area contributed by atoms with Gasteiger partial charge in [-0.3, -0.25) is 9.36 Å². The number of hydrogen-bond donors (Lipinski definition) is 1. The summed E-state index contributed by atoms with van der Waals surface area (Å²) in [4.78, 5) is 25.0. The van der Waals surface area contributed by atoms with Crippen molar-refractivity contribution in [3.63, 3.8) is 0 Å². The van der Waals surface area contributed by atoms with E-state index in [1.165, 1.54) is 29.9 Å². The van der Waals surface area contributed by atoms with Crippen molar-refractivity contribution in [1.82, 2.24) is 9.72 Å². The monoisotopic (exact) mass is 532 g/mol. The Morgan fingerprint density at radius 2 is 1.83 bits per heavy atom. The van der Waals surface area contributed by atoms with Crippen molar-refractivity contribution in [3.8, 4) is 11.3 Å². The van der Waals surface area contributed by atoms with Crippen LogP contribution in [0.1, 0.15) is 35.5 Å². The quantitative estimate of drug-likeness (QED) is 0.270. The lowest BCUT2D eigenvalue weighted by atomic mass is 9.97. The van der Waals surface area contributed by atoms with E-state index in [4.69, 9.17) is 49.2 Å². The number of halogens is 3. The molecule has 0 amide bonds. The molecule has 0 bridgehead atoms. The summed E-state index contributed by atoms with van der Waals surface area (Å²) < 4.78 is 12.6. The molecule has 0 unspecified atom stereocenters. The maximum absolute atomic E-state index is 14.0. The molecule has 2 aromatic carbocycles. The van der Waals surface area contributed by atoms with E-state index in [-0.39, 0.29) is 27.1 Å². The third kappa shape index (κ3) is 4.60. The molecule has 180 valence electrons. The Balaban J connectivity index is 1.96. The standard InChI is InChI=1S/C25H19Cl3N2O5/c1-25(2,34-3)23-21(22(29-35-23)20-16(27)11-14(26)12-17(20)28)24(33)30-10-9-15-13(7-8-19(31)32)5-4-6-18(15)30/h4-12H,1-3H3,(H,31,32)/b8-7+. The SMILES string of the molecule is COC(C)(C)c1onc(-c2c(Cl)cc(Cl)cc2Cl)c1C(=O)n1ccc2c(/C=C/C(=O)O)cccc21. The van der Waals surface area contributed by atoms with Gasteiger partial charge in [-0.05, 0) is 49.8 Å². The highest BCUT2D eigenvalue weighted by atomic mass is 35.5. The average molecular weight is 534 g/mol. The van der Waals surface area contributed by atoms with Crippen LogP contribution in [0, 0.1) is 0 Å². The highest BCUT2D eigenvalue weighted by Crippen LogP contribution is 2.42. The number of rotatable bonds is 6. The number of hydrogen-bond acceptors (Lipinski definition) is 5.